The van der Waals surface area contributed by atoms with Gasteiger partial charge in [-0.1, -0.05) is 6.42 Å². The predicted molar refractivity (Wildman–Crippen MR) is 118 cm³/mol. The van der Waals surface area contributed by atoms with E-state index in [1.165, 1.54) is 19.3 Å². The summed E-state index contributed by atoms with van der Waals surface area (Å²) in [4.78, 5) is 14.2. The lowest BCUT2D eigenvalue weighted by molar-refractivity contribution is 0.00578. The lowest BCUT2D eigenvalue weighted by Gasteiger charge is -2.39. The molecule has 1 aromatic heterocycles. The number of hydrogen-bond donors (Lipinski definition) is 1. The number of rotatable bonds is 7. The van der Waals surface area contributed by atoms with Gasteiger partial charge in [-0.3, -0.25) is 4.90 Å². The molecule has 2 saturated heterocycles. The first-order valence-corrected chi connectivity index (χ1v) is 11.0. The zero-order valence-electron chi connectivity index (χ0n) is 19.0. The molecule has 2 fully saturated rings. The van der Waals surface area contributed by atoms with E-state index >= 15 is 0 Å². The lowest BCUT2D eigenvalue weighted by atomic mass is 9.81. The highest BCUT2D eigenvalue weighted by Crippen LogP contribution is 2.36. The molecule has 2 N–H and O–H groups in total. The molecule has 3 heterocycles. The molecule has 0 radical (unpaired) electrons. The van der Waals surface area contributed by atoms with Crippen LogP contribution in [0.25, 0.3) is 0 Å². The molecule has 0 spiro atoms. The molecule has 0 unspecified atom stereocenters. The summed E-state index contributed by atoms with van der Waals surface area (Å²) in [5, 5.41) is 0. The summed E-state index contributed by atoms with van der Waals surface area (Å²) in [5.41, 5.74) is 5.96. The van der Waals surface area contributed by atoms with Crippen LogP contribution in [0.5, 0.6) is 0 Å². The highest BCUT2D eigenvalue weighted by Gasteiger charge is 2.52. The van der Waals surface area contributed by atoms with Crippen LogP contribution in [0.2, 0.25) is 0 Å². The summed E-state index contributed by atoms with van der Waals surface area (Å²) in [6.07, 6.45) is 7.43. The molecule has 8 heteroatoms. The monoisotopic (exact) mass is 403 g/mol. The SMILES string of the molecule is CC(C)N(C[C@H]1CCCCN1CCN)c1ncc(B2OC(C)(C)C(C)(C)O2)cn1. The van der Waals surface area contributed by atoms with Gasteiger partial charge in [0.05, 0.1) is 11.2 Å². The maximum Gasteiger partial charge on any atom is 0.498 e. The van der Waals surface area contributed by atoms with E-state index in [-0.39, 0.29) is 11.2 Å². The van der Waals surface area contributed by atoms with Gasteiger partial charge in [0, 0.05) is 49.6 Å². The Hall–Kier alpha value is -1.22. The van der Waals surface area contributed by atoms with Crippen LogP contribution < -0.4 is 16.1 Å². The van der Waals surface area contributed by atoms with Crippen molar-refractivity contribution in [1.82, 2.24) is 14.9 Å². The Morgan fingerprint density at radius 3 is 2.34 bits per heavy atom. The van der Waals surface area contributed by atoms with E-state index < -0.39 is 7.12 Å². The second kappa shape index (κ2) is 8.88. The van der Waals surface area contributed by atoms with Gasteiger partial charge in [0.15, 0.2) is 0 Å². The molecule has 0 aromatic carbocycles. The van der Waals surface area contributed by atoms with Crippen molar-refractivity contribution >= 4 is 18.5 Å². The fourth-order valence-electron chi connectivity index (χ4n) is 4.06. The van der Waals surface area contributed by atoms with E-state index in [9.17, 15) is 0 Å². The molecule has 2 aliphatic rings. The van der Waals surface area contributed by atoms with E-state index in [0.29, 0.717) is 18.6 Å². The van der Waals surface area contributed by atoms with E-state index in [0.717, 1.165) is 31.0 Å². The fourth-order valence-corrected chi connectivity index (χ4v) is 4.06. The van der Waals surface area contributed by atoms with Gasteiger partial charge in [0.1, 0.15) is 0 Å². The highest BCUT2D eigenvalue weighted by molar-refractivity contribution is 6.61. The van der Waals surface area contributed by atoms with Crippen LogP contribution >= 0.6 is 0 Å². The van der Waals surface area contributed by atoms with Crippen molar-refractivity contribution in [1.29, 1.82) is 0 Å². The molecule has 29 heavy (non-hydrogen) atoms. The third-order valence-corrected chi connectivity index (χ3v) is 6.64. The largest absolute Gasteiger partial charge is 0.498 e. The Morgan fingerprint density at radius 1 is 1.17 bits per heavy atom. The number of aromatic nitrogens is 2. The van der Waals surface area contributed by atoms with Crippen LogP contribution in [-0.4, -0.2) is 71.5 Å². The lowest BCUT2D eigenvalue weighted by Crippen LogP contribution is -2.50. The molecule has 2 aliphatic heterocycles. The minimum absolute atomic E-state index is 0.319. The van der Waals surface area contributed by atoms with Crippen molar-refractivity contribution in [2.24, 2.45) is 5.73 Å². The zero-order valence-corrected chi connectivity index (χ0v) is 19.0. The maximum atomic E-state index is 6.13. The van der Waals surface area contributed by atoms with Gasteiger partial charge < -0.3 is 19.9 Å². The topological polar surface area (TPSA) is 76.7 Å². The van der Waals surface area contributed by atoms with Crippen molar-refractivity contribution in [3.05, 3.63) is 12.4 Å². The van der Waals surface area contributed by atoms with Gasteiger partial charge in [0.25, 0.3) is 0 Å². The van der Waals surface area contributed by atoms with Crippen molar-refractivity contribution in [2.45, 2.75) is 84.1 Å². The van der Waals surface area contributed by atoms with Crippen LogP contribution in [0.15, 0.2) is 12.4 Å². The van der Waals surface area contributed by atoms with Crippen LogP contribution in [0.4, 0.5) is 5.95 Å². The first-order valence-electron chi connectivity index (χ1n) is 11.0. The van der Waals surface area contributed by atoms with E-state index in [1.54, 1.807) is 0 Å². The van der Waals surface area contributed by atoms with Gasteiger partial charge in [0.2, 0.25) is 5.95 Å². The minimum atomic E-state index is -0.431. The van der Waals surface area contributed by atoms with Gasteiger partial charge in [-0.2, -0.15) is 0 Å². The molecule has 1 atom stereocenters. The van der Waals surface area contributed by atoms with Crippen molar-refractivity contribution < 1.29 is 9.31 Å². The van der Waals surface area contributed by atoms with E-state index in [2.05, 4.69) is 61.3 Å². The second-order valence-corrected chi connectivity index (χ2v) is 9.63. The highest BCUT2D eigenvalue weighted by atomic mass is 16.7. The summed E-state index contributed by atoms with van der Waals surface area (Å²) >= 11 is 0. The summed E-state index contributed by atoms with van der Waals surface area (Å²) in [6, 6.07) is 0.820. The Kier molecular flexibility index (Phi) is 6.88. The average molecular weight is 403 g/mol. The number of hydrogen-bond acceptors (Lipinski definition) is 7. The molecule has 1 aromatic rings. The van der Waals surface area contributed by atoms with Crippen LogP contribution in [0, 0.1) is 0 Å². The molecule has 0 aliphatic carbocycles. The zero-order chi connectivity index (χ0) is 21.2. The number of likely N-dealkylation sites (tertiary alicyclic amines) is 1. The third kappa shape index (κ3) is 4.93. The second-order valence-electron chi connectivity index (χ2n) is 9.63. The van der Waals surface area contributed by atoms with E-state index in [1.807, 2.05) is 12.4 Å². The average Bonchev–Trinajstić information content (AvgIpc) is 2.88. The van der Waals surface area contributed by atoms with Gasteiger partial charge in [-0.15, -0.1) is 0 Å². The van der Waals surface area contributed by atoms with E-state index in [4.69, 9.17) is 15.0 Å². The van der Waals surface area contributed by atoms with Gasteiger partial charge >= 0.3 is 7.12 Å². The summed E-state index contributed by atoms with van der Waals surface area (Å²) in [6.45, 7) is 16.3. The van der Waals surface area contributed by atoms with Crippen LogP contribution in [0.1, 0.15) is 60.8 Å². The summed E-state index contributed by atoms with van der Waals surface area (Å²) in [7, 11) is -0.431. The van der Waals surface area contributed by atoms with Crippen molar-refractivity contribution in [3.63, 3.8) is 0 Å². The molecule has 162 valence electrons. The Bertz CT molecular complexity index is 650. The summed E-state index contributed by atoms with van der Waals surface area (Å²) in [5.74, 6) is 0.763. The molecule has 0 bridgehead atoms. The van der Waals surface area contributed by atoms with Crippen molar-refractivity contribution in [2.75, 3.05) is 31.1 Å². The molecule has 3 rings (SSSR count). The number of anilines is 1. The number of piperidine rings is 1. The van der Waals surface area contributed by atoms with Gasteiger partial charge in [-0.25, -0.2) is 9.97 Å². The molecule has 7 nitrogen and oxygen atoms in total. The maximum absolute atomic E-state index is 6.13. The smallest absolute Gasteiger partial charge is 0.399 e. The van der Waals surface area contributed by atoms with Crippen molar-refractivity contribution in [3.8, 4) is 0 Å². The first-order chi connectivity index (χ1) is 13.6. The first kappa shape index (κ1) is 22.5. The normalized spacial score (nSPS) is 24.3. The molecule has 0 saturated carbocycles. The quantitative estimate of drug-likeness (QED) is 0.696. The summed E-state index contributed by atoms with van der Waals surface area (Å²) < 4.78 is 12.3. The Balaban J connectivity index is 1.72. The van der Waals surface area contributed by atoms with Crippen LogP contribution in [0.3, 0.4) is 0 Å². The standard InChI is InChI=1S/C21H38BN5O2/c1-16(2)27(15-18-9-7-8-11-26(18)12-10-23)19-24-13-17(14-25-19)22-28-20(3,4)21(5,6)29-22/h13-14,16,18H,7-12,15,23H2,1-6H3/t18-/m1/s1. The third-order valence-electron chi connectivity index (χ3n) is 6.64. The van der Waals surface area contributed by atoms with Gasteiger partial charge in [-0.05, 0) is 60.9 Å². The fraction of sp³-hybridized carbons (Fsp3) is 0.810. The molecular weight excluding hydrogens is 365 g/mol. The Labute approximate surface area is 176 Å². The minimum Gasteiger partial charge on any atom is -0.399 e. The molecular formula is C21H38BN5O2. The number of nitrogens with zero attached hydrogens (tertiary/aromatic N) is 4. The molecule has 0 amide bonds. The number of nitrogens with two attached hydrogens (primary N) is 1. The predicted octanol–water partition coefficient (Wildman–Crippen LogP) is 1.80. The van der Waals surface area contributed by atoms with Crippen LogP contribution in [-0.2, 0) is 9.31 Å². The Morgan fingerprint density at radius 2 is 1.79 bits per heavy atom.